The van der Waals surface area contributed by atoms with Crippen molar-refractivity contribution in [2.75, 3.05) is 0 Å². The Bertz CT molecular complexity index is 824. The van der Waals surface area contributed by atoms with Crippen LogP contribution in [-0.2, 0) is 0 Å². The van der Waals surface area contributed by atoms with Crippen molar-refractivity contribution in [3.63, 3.8) is 0 Å². The molecule has 1 heterocycles. The third-order valence-corrected chi connectivity index (χ3v) is 5.60. The number of rotatable bonds is 2. The molecule has 0 radical (unpaired) electrons. The zero-order valence-corrected chi connectivity index (χ0v) is 11.9. The molecule has 2 fully saturated rings. The van der Waals surface area contributed by atoms with Crippen molar-refractivity contribution in [3.8, 4) is 0 Å². The van der Waals surface area contributed by atoms with Gasteiger partial charge in [0.15, 0.2) is 0 Å². The maximum absolute atomic E-state index is 10.7. The standard InChI is InChI=1S/C19H19NO/c21-19(14-8-12-7-13(12)9-14)11-5-6-18-16(10-11)15-3-1-2-4-17(15)20-18/h1-6,10,12-14,19-21H,7-9H2. The zero-order chi connectivity index (χ0) is 14.0. The van der Waals surface area contributed by atoms with Crippen LogP contribution in [0.2, 0.25) is 0 Å². The molecule has 0 aliphatic heterocycles. The van der Waals surface area contributed by atoms with Crippen molar-refractivity contribution < 1.29 is 5.11 Å². The number of hydrogen-bond donors (Lipinski definition) is 2. The normalized spacial score (nSPS) is 28.9. The molecule has 2 saturated carbocycles. The smallest absolute Gasteiger partial charge is 0.0818 e. The molecule has 2 aliphatic rings. The minimum atomic E-state index is -0.295. The van der Waals surface area contributed by atoms with Crippen molar-refractivity contribution in [2.24, 2.45) is 17.8 Å². The van der Waals surface area contributed by atoms with E-state index in [0.717, 1.165) is 22.9 Å². The Hall–Kier alpha value is -1.80. The van der Waals surface area contributed by atoms with Crippen LogP contribution in [0.25, 0.3) is 21.8 Å². The first-order valence-electron chi connectivity index (χ1n) is 7.98. The van der Waals surface area contributed by atoms with Crippen LogP contribution in [0.5, 0.6) is 0 Å². The van der Waals surface area contributed by atoms with Gasteiger partial charge in [0.1, 0.15) is 0 Å². The predicted octanol–water partition coefficient (Wildman–Crippen LogP) is 4.40. The molecule has 3 atom stereocenters. The lowest BCUT2D eigenvalue weighted by Crippen LogP contribution is -2.10. The monoisotopic (exact) mass is 277 g/mol. The number of benzene rings is 2. The summed E-state index contributed by atoms with van der Waals surface area (Å²) in [5, 5.41) is 13.2. The summed E-state index contributed by atoms with van der Waals surface area (Å²) < 4.78 is 0. The van der Waals surface area contributed by atoms with Crippen LogP contribution in [0.3, 0.4) is 0 Å². The number of aliphatic hydroxyl groups excluding tert-OH is 1. The molecule has 2 aromatic carbocycles. The van der Waals surface area contributed by atoms with Gasteiger partial charge in [-0.05, 0) is 60.8 Å². The Balaban J connectivity index is 1.58. The fourth-order valence-corrected chi connectivity index (χ4v) is 4.34. The molecular weight excluding hydrogens is 258 g/mol. The average molecular weight is 277 g/mol. The van der Waals surface area contributed by atoms with Gasteiger partial charge < -0.3 is 10.1 Å². The van der Waals surface area contributed by atoms with E-state index in [4.69, 9.17) is 0 Å². The highest BCUT2D eigenvalue weighted by Gasteiger charge is 2.47. The van der Waals surface area contributed by atoms with Crippen molar-refractivity contribution in [1.29, 1.82) is 0 Å². The van der Waals surface area contributed by atoms with E-state index in [-0.39, 0.29) is 6.10 Å². The van der Waals surface area contributed by atoms with Crippen molar-refractivity contribution in [1.82, 2.24) is 4.98 Å². The van der Waals surface area contributed by atoms with E-state index in [1.165, 1.54) is 35.6 Å². The number of aromatic nitrogens is 1. The highest BCUT2D eigenvalue weighted by Crippen LogP contribution is 2.57. The molecule has 3 aromatic rings. The van der Waals surface area contributed by atoms with Gasteiger partial charge in [0, 0.05) is 21.8 Å². The van der Waals surface area contributed by atoms with Gasteiger partial charge in [0.05, 0.1) is 6.10 Å². The van der Waals surface area contributed by atoms with Crippen LogP contribution in [0.15, 0.2) is 42.5 Å². The van der Waals surface area contributed by atoms with E-state index in [9.17, 15) is 5.11 Å². The molecular formula is C19H19NO. The molecule has 2 aliphatic carbocycles. The largest absolute Gasteiger partial charge is 0.388 e. The summed E-state index contributed by atoms with van der Waals surface area (Å²) in [5.74, 6) is 2.30. The molecule has 0 spiro atoms. The highest BCUT2D eigenvalue weighted by molar-refractivity contribution is 6.07. The first-order chi connectivity index (χ1) is 10.3. The van der Waals surface area contributed by atoms with Gasteiger partial charge in [-0.1, -0.05) is 24.3 Å². The molecule has 2 nitrogen and oxygen atoms in total. The average Bonchev–Trinajstić information content (AvgIpc) is 2.97. The van der Waals surface area contributed by atoms with Crippen LogP contribution in [0.1, 0.15) is 30.9 Å². The van der Waals surface area contributed by atoms with Crippen molar-refractivity contribution in [3.05, 3.63) is 48.0 Å². The molecule has 5 rings (SSSR count). The maximum Gasteiger partial charge on any atom is 0.0818 e. The number of aromatic amines is 1. The van der Waals surface area contributed by atoms with Gasteiger partial charge in [-0.2, -0.15) is 0 Å². The Kier molecular flexibility index (Phi) is 2.31. The summed E-state index contributed by atoms with van der Waals surface area (Å²) in [4.78, 5) is 3.45. The summed E-state index contributed by atoms with van der Waals surface area (Å²) in [7, 11) is 0. The summed E-state index contributed by atoms with van der Waals surface area (Å²) in [6, 6.07) is 14.8. The number of hydrogen-bond acceptors (Lipinski definition) is 1. The quantitative estimate of drug-likeness (QED) is 0.715. The zero-order valence-electron chi connectivity index (χ0n) is 11.9. The molecule has 1 aromatic heterocycles. The van der Waals surface area contributed by atoms with Gasteiger partial charge in [0.25, 0.3) is 0 Å². The summed E-state index contributed by atoms with van der Waals surface area (Å²) in [6.07, 6.45) is 3.55. The van der Waals surface area contributed by atoms with E-state index in [2.05, 4.69) is 47.4 Å². The SMILES string of the molecule is OC(c1ccc2[nH]c3ccccc3c2c1)C1CC2CC2C1. The van der Waals surface area contributed by atoms with E-state index in [1.54, 1.807) is 0 Å². The Morgan fingerprint density at radius 1 is 0.905 bits per heavy atom. The number of para-hydroxylation sites is 1. The molecule has 0 amide bonds. The van der Waals surface area contributed by atoms with Gasteiger partial charge in [0.2, 0.25) is 0 Å². The molecule has 0 saturated heterocycles. The van der Waals surface area contributed by atoms with E-state index in [1.807, 2.05) is 0 Å². The van der Waals surface area contributed by atoms with E-state index < -0.39 is 0 Å². The second-order valence-electron chi connectivity index (χ2n) is 6.91. The van der Waals surface area contributed by atoms with Crippen LogP contribution < -0.4 is 0 Å². The topological polar surface area (TPSA) is 36.0 Å². The van der Waals surface area contributed by atoms with Crippen molar-refractivity contribution in [2.45, 2.75) is 25.4 Å². The first kappa shape index (κ1) is 11.8. The van der Waals surface area contributed by atoms with Crippen LogP contribution in [0, 0.1) is 17.8 Å². The summed E-state index contributed by atoms with van der Waals surface area (Å²) in [5.41, 5.74) is 3.40. The Morgan fingerprint density at radius 3 is 2.52 bits per heavy atom. The lowest BCUT2D eigenvalue weighted by molar-refractivity contribution is 0.104. The number of aliphatic hydroxyl groups is 1. The van der Waals surface area contributed by atoms with E-state index >= 15 is 0 Å². The molecule has 2 N–H and O–H groups in total. The second kappa shape index (κ2) is 4.11. The second-order valence-corrected chi connectivity index (χ2v) is 6.91. The number of H-pyrrole nitrogens is 1. The molecule has 106 valence electrons. The molecule has 3 unspecified atom stereocenters. The fraction of sp³-hybridized carbons (Fsp3) is 0.368. The van der Waals surface area contributed by atoms with E-state index in [0.29, 0.717) is 5.92 Å². The predicted molar refractivity (Wildman–Crippen MR) is 85.1 cm³/mol. The summed E-state index contributed by atoms with van der Waals surface area (Å²) >= 11 is 0. The molecule has 2 heteroatoms. The number of fused-ring (bicyclic) bond motifs is 4. The highest BCUT2D eigenvalue weighted by atomic mass is 16.3. The first-order valence-corrected chi connectivity index (χ1v) is 7.98. The van der Waals surface area contributed by atoms with Gasteiger partial charge in [-0.15, -0.1) is 0 Å². The van der Waals surface area contributed by atoms with Crippen LogP contribution in [-0.4, -0.2) is 10.1 Å². The van der Waals surface area contributed by atoms with Gasteiger partial charge in [-0.25, -0.2) is 0 Å². The van der Waals surface area contributed by atoms with Gasteiger partial charge >= 0.3 is 0 Å². The molecule has 0 bridgehead atoms. The van der Waals surface area contributed by atoms with Crippen LogP contribution >= 0.6 is 0 Å². The Labute approximate surface area is 123 Å². The third-order valence-electron chi connectivity index (χ3n) is 5.60. The fourth-order valence-electron chi connectivity index (χ4n) is 4.34. The maximum atomic E-state index is 10.7. The summed E-state index contributed by atoms with van der Waals surface area (Å²) in [6.45, 7) is 0. The molecule has 21 heavy (non-hydrogen) atoms. The minimum absolute atomic E-state index is 0.295. The number of nitrogens with one attached hydrogen (secondary N) is 1. The minimum Gasteiger partial charge on any atom is -0.388 e. The lowest BCUT2D eigenvalue weighted by atomic mass is 9.91. The van der Waals surface area contributed by atoms with Crippen LogP contribution in [0.4, 0.5) is 0 Å². The van der Waals surface area contributed by atoms with Gasteiger partial charge in [-0.3, -0.25) is 0 Å². The Morgan fingerprint density at radius 2 is 1.67 bits per heavy atom. The van der Waals surface area contributed by atoms with Crippen molar-refractivity contribution >= 4 is 21.8 Å². The third kappa shape index (κ3) is 1.75. The lowest BCUT2D eigenvalue weighted by Gasteiger charge is -2.20.